The van der Waals surface area contributed by atoms with Gasteiger partial charge in [0.05, 0.1) is 6.20 Å². The van der Waals surface area contributed by atoms with Crippen LogP contribution in [0.25, 0.3) is 0 Å². The Hall–Kier alpha value is -1.32. The first-order valence-electron chi connectivity index (χ1n) is 5.93. The zero-order valence-electron chi connectivity index (χ0n) is 9.03. The maximum atomic E-state index is 12.1. The molecular weight excluding hydrogens is 204 g/mol. The van der Waals surface area contributed by atoms with Crippen LogP contribution in [0.15, 0.2) is 12.3 Å². The molecule has 1 N–H and O–H groups in total. The lowest BCUT2D eigenvalue weighted by molar-refractivity contribution is -0.123. The van der Waals surface area contributed by atoms with Gasteiger partial charge < -0.3 is 4.74 Å². The molecule has 1 heterocycles. The molecule has 3 aliphatic carbocycles. The Kier molecular flexibility index (Phi) is 1.37. The van der Waals surface area contributed by atoms with E-state index in [0.29, 0.717) is 28.4 Å². The number of aromatic amines is 1. The zero-order chi connectivity index (χ0) is 10.8. The number of carbonyl (C=O) groups excluding carboxylic acids is 1. The van der Waals surface area contributed by atoms with Crippen molar-refractivity contribution >= 4 is 5.78 Å². The molecule has 0 atom stereocenters. The normalized spacial score (nSPS) is 27.0. The molecule has 84 valence electrons. The number of Topliss-reactive ketones (excluding diaryl/α,β-unsaturated/α-hetero) is 1. The molecule has 4 nitrogen and oxygen atoms in total. The standard InChI is InChI=1S/C12H14N2O2/c15-8(7-16-9-1-6-13-14-9)10-11(2-3-11)12(10)4-5-12/h1,6,10H,2-5,7H2,(H,13,14). The fourth-order valence-electron chi connectivity index (χ4n) is 3.75. The van der Waals surface area contributed by atoms with Crippen LogP contribution in [0.4, 0.5) is 0 Å². The van der Waals surface area contributed by atoms with Gasteiger partial charge in [0.2, 0.25) is 5.88 Å². The van der Waals surface area contributed by atoms with Gasteiger partial charge in [-0.3, -0.25) is 4.79 Å². The molecule has 0 aliphatic heterocycles. The van der Waals surface area contributed by atoms with Crippen molar-refractivity contribution in [3.8, 4) is 5.88 Å². The summed E-state index contributed by atoms with van der Waals surface area (Å²) in [6, 6.07) is 1.74. The summed E-state index contributed by atoms with van der Waals surface area (Å²) in [5.74, 6) is 1.20. The summed E-state index contributed by atoms with van der Waals surface area (Å²) in [6.45, 7) is 0.205. The van der Waals surface area contributed by atoms with Crippen LogP contribution < -0.4 is 4.74 Å². The number of ether oxygens (including phenoxy) is 1. The molecule has 3 saturated carbocycles. The van der Waals surface area contributed by atoms with E-state index in [2.05, 4.69) is 10.2 Å². The summed E-state index contributed by atoms with van der Waals surface area (Å²) in [5.41, 5.74) is 0.892. The van der Waals surface area contributed by atoms with Crippen LogP contribution in [0.2, 0.25) is 0 Å². The number of nitrogens with zero attached hydrogens (tertiary/aromatic N) is 1. The molecule has 0 radical (unpaired) electrons. The van der Waals surface area contributed by atoms with E-state index in [-0.39, 0.29) is 6.61 Å². The minimum absolute atomic E-state index is 0.205. The molecule has 4 heteroatoms. The van der Waals surface area contributed by atoms with Crippen molar-refractivity contribution in [3.05, 3.63) is 12.3 Å². The second-order valence-corrected chi connectivity index (χ2v) is 5.42. The van der Waals surface area contributed by atoms with Gasteiger partial charge in [0.25, 0.3) is 0 Å². The van der Waals surface area contributed by atoms with Crippen LogP contribution >= 0.6 is 0 Å². The van der Waals surface area contributed by atoms with E-state index in [1.165, 1.54) is 25.7 Å². The van der Waals surface area contributed by atoms with Crippen molar-refractivity contribution in [2.24, 2.45) is 16.7 Å². The van der Waals surface area contributed by atoms with Crippen molar-refractivity contribution in [3.63, 3.8) is 0 Å². The molecule has 1 aromatic rings. The molecule has 0 unspecified atom stereocenters. The monoisotopic (exact) mass is 218 g/mol. The predicted octanol–water partition coefficient (Wildman–Crippen LogP) is 1.55. The number of nitrogens with one attached hydrogen (secondary N) is 1. The Bertz CT molecular complexity index is 426. The van der Waals surface area contributed by atoms with Crippen LogP contribution in [0.3, 0.4) is 0 Å². The second kappa shape index (κ2) is 2.50. The smallest absolute Gasteiger partial charge is 0.209 e. The molecule has 3 fully saturated rings. The van der Waals surface area contributed by atoms with Crippen molar-refractivity contribution in [1.82, 2.24) is 10.2 Å². The van der Waals surface area contributed by atoms with Gasteiger partial charge in [0.15, 0.2) is 5.78 Å². The van der Waals surface area contributed by atoms with Crippen molar-refractivity contribution in [2.45, 2.75) is 25.7 Å². The fraction of sp³-hybridized carbons (Fsp3) is 0.667. The molecular formula is C12H14N2O2. The summed E-state index contributed by atoms with van der Waals surface area (Å²) in [7, 11) is 0. The molecule has 0 bridgehead atoms. The summed E-state index contributed by atoms with van der Waals surface area (Å²) < 4.78 is 5.38. The second-order valence-electron chi connectivity index (χ2n) is 5.42. The number of ketones is 1. The highest BCUT2D eigenvalue weighted by atomic mass is 16.5. The first kappa shape index (κ1) is 8.79. The molecule has 0 amide bonds. The minimum Gasteiger partial charge on any atom is -0.470 e. The number of carbonyl (C=O) groups is 1. The Balaban J connectivity index is 1.41. The molecule has 16 heavy (non-hydrogen) atoms. The van der Waals surface area contributed by atoms with Gasteiger partial charge in [0, 0.05) is 12.0 Å². The highest BCUT2D eigenvalue weighted by Gasteiger charge is 2.88. The number of hydrogen-bond acceptors (Lipinski definition) is 3. The third-order valence-electron chi connectivity index (χ3n) is 4.76. The summed E-state index contributed by atoms with van der Waals surface area (Å²) in [5, 5.41) is 6.48. The molecule has 4 rings (SSSR count). The SMILES string of the molecule is O=C(COc1ccn[nH]1)C1C2(CC2)C12CC2. The van der Waals surface area contributed by atoms with Gasteiger partial charge >= 0.3 is 0 Å². The number of aromatic nitrogens is 2. The van der Waals surface area contributed by atoms with Crippen LogP contribution in [0, 0.1) is 16.7 Å². The lowest BCUT2D eigenvalue weighted by atomic mass is 10.2. The maximum absolute atomic E-state index is 12.1. The van der Waals surface area contributed by atoms with Crippen LogP contribution in [0.5, 0.6) is 5.88 Å². The van der Waals surface area contributed by atoms with E-state index in [1.807, 2.05) is 0 Å². The molecule has 3 aliphatic rings. The fourth-order valence-corrected chi connectivity index (χ4v) is 3.75. The van der Waals surface area contributed by atoms with E-state index in [1.54, 1.807) is 12.3 Å². The zero-order valence-corrected chi connectivity index (χ0v) is 9.03. The van der Waals surface area contributed by atoms with Gasteiger partial charge in [-0.05, 0) is 36.5 Å². The average Bonchev–Trinajstić information content (AvgIpc) is 3.23. The minimum atomic E-state index is 0.205. The van der Waals surface area contributed by atoms with Crippen molar-refractivity contribution in [1.29, 1.82) is 0 Å². The molecule has 2 spiro atoms. The molecule has 1 aromatic heterocycles. The van der Waals surface area contributed by atoms with Gasteiger partial charge in [-0.1, -0.05) is 0 Å². The predicted molar refractivity (Wildman–Crippen MR) is 55.9 cm³/mol. The van der Waals surface area contributed by atoms with E-state index in [4.69, 9.17) is 4.74 Å². The van der Waals surface area contributed by atoms with Crippen LogP contribution in [0.1, 0.15) is 25.7 Å². The van der Waals surface area contributed by atoms with Crippen LogP contribution in [-0.4, -0.2) is 22.6 Å². The lowest BCUT2D eigenvalue weighted by Crippen LogP contribution is -2.15. The quantitative estimate of drug-likeness (QED) is 0.834. The first-order valence-corrected chi connectivity index (χ1v) is 5.93. The number of H-pyrrole nitrogens is 1. The highest BCUT2D eigenvalue weighted by Crippen LogP contribution is 2.92. The van der Waals surface area contributed by atoms with Crippen LogP contribution in [-0.2, 0) is 4.79 Å². The van der Waals surface area contributed by atoms with E-state index < -0.39 is 0 Å². The third kappa shape index (κ3) is 0.907. The molecule has 0 aromatic carbocycles. The Morgan fingerprint density at radius 2 is 2.12 bits per heavy atom. The topological polar surface area (TPSA) is 55.0 Å². The summed E-state index contributed by atoms with van der Waals surface area (Å²) in [6.07, 6.45) is 6.71. The van der Waals surface area contributed by atoms with E-state index in [9.17, 15) is 4.79 Å². The maximum Gasteiger partial charge on any atom is 0.209 e. The average molecular weight is 218 g/mol. The largest absolute Gasteiger partial charge is 0.470 e. The Labute approximate surface area is 93.4 Å². The summed E-state index contributed by atoms with van der Waals surface area (Å²) in [4.78, 5) is 12.1. The van der Waals surface area contributed by atoms with E-state index in [0.717, 1.165) is 0 Å². The lowest BCUT2D eigenvalue weighted by Gasteiger charge is -2.01. The number of fused-ring (bicyclic) bond motifs is 1. The number of hydrogen-bond donors (Lipinski definition) is 1. The highest BCUT2D eigenvalue weighted by molar-refractivity contribution is 5.89. The molecule has 0 saturated heterocycles. The third-order valence-corrected chi connectivity index (χ3v) is 4.76. The Morgan fingerprint density at radius 3 is 2.62 bits per heavy atom. The van der Waals surface area contributed by atoms with Gasteiger partial charge in [-0.15, -0.1) is 0 Å². The van der Waals surface area contributed by atoms with Gasteiger partial charge in [-0.25, -0.2) is 5.10 Å². The first-order chi connectivity index (χ1) is 7.79. The van der Waals surface area contributed by atoms with Gasteiger partial charge in [-0.2, -0.15) is 5.10 Å². The number of rotatable bonds is 4. The van der Waals surface area contributed by atoms with Crippen molar-refractivity contribution in [2.75, 3.05) is 6.61 Å². The van der Waals surface area contributed by atoms with E-state index >= 15 is 0 Å². The summed E-state index contributed by atoms with van der Waals surface area (Å²) >= 11 is 0. The Morgan fingerprint density at radius 1 is 1.44 bits per heavy atom. The van der Waals surface area contributed by atoms with Crippen molar-refractivity contribution < 1.29 is 9.53 Å². The van der Waals surface area contributed by atoms with Gasteiger partial charge in [0.1, 0.15) is 6.61 Å².